The van der Waals surface area contributed by atoms with Crippen LogP contribution in [0.5, 0.6) is 0 Å². The summed E-state index contributed by atoms with van der Waals surface area (Å²) >= 11 is 0. The van der Waals surface area contributed by atoms with E-state index >= 15 is 0 Å². The Hall–Kier alpha value is -1.89. The largest absolute Gasteiger partial charge is 0.374 e. The summed E-state index contributed by atoms with van der Waals surface area (Å²) < 4.78 is 5.36. The van der Waals surface area contributed by atoms with E-state index in [-0.39, 0.29) is 12.5 Å². The van der Waals surface area contributed by atoms with Crippen molar-refractivity contribution < 1.29 is 9.53 Å². The molecule has 1 amide bonds. The third kappa shape index (κ3) is 5.18. The minimum atomic E-state index is 0.0350. The Morgan fingerprint density at radius 1 is 1.33 bits per heavy atom. The van der Waals surface area contributed by atoms with Crippen molar-refractivity contribution in [1.29, 1.82) is 0 Å². The summed E-state index contributed by atoms with van der Waals surface area (Å²) in [6.45, 7) is 5.87. The summed E-state index contributed by atoms with van der Waals surface area (Å²) in [5, 5.41) is 3.01. The third-order valence-corrected chi connectivity index (χ3v) is 2.98. The Kier molecular flexibility index (Phi) is 6.87. The second-order valence-corrected chi connectivity index (χ2v) is 4.72. The molecule has 118 valence electrons. The van der Waals surface area contributed by atoms with Crippen LogP contribution in [0.15, 0.2) is 6.07 Å². The number of hydrogen-bond donors (Lipinski definition) is 1. The fraction of sp³-hybridized carbons (Fsp3) is 0.643. The Bertz CT molecular complexity index is 465. The second-order valence-electron chi connectivity index (χ2n) is 4.72. The van der Waals surface area contributed by atoms with Crippen LogP contribution >= 0.6 is 0 Å². The van der Waals surface area contributed by atoms with Gasteiger partial charge in [0, 0.05) is 40.4 Å². The van der Waals surface area contributed by atoms with E-state index in [9.17, 15) is 4.79 Å². The van der Waals surface area contributed by atoms with Gasteiger partial charge in [-0.25, -0.2) is 9.97 Å². The van der Waals surface area contributed by atoms with Gasteiger partial charge in [-0.05, 0) is 13.8 Å². The van der Waals surface area contributed by atoms with E-state index in [0.29, 0.717) is 31.4 Å². The molecule has 1 N–H and O–H groups in total. The highest BCUT2D eigenvalue weighted by atomic mass is 16.5. The van der Waals surface area contributed by atoms with Gasteiger partial charge in [-0.15, -0.1) is 0 Å². The van der Waals surface area contributed by atoms with E-state index in [1.54, 1.807) is 26.0 Å². The van der Waals surface area contributed by atoms with Gasteiger partial charge in [-0.3, -0.25) is 4.79 Å². The quantitative estimate of drug-likeness (QED) is 0.770. The molecule has 0 atom stereocenters. The van der Waals surface area contributed by atoms with Crippen LogP contribution in [0.4, 0.5) is 11.6 Å². The number of rotatable bonds is 8. The molecule has 0 aromatic carbocycles. The van der Waals surface area contributed by atoms with Crippen molar-refractivity contribution in [3.05, 3.63) is 11.9 Å². The van der Waals surface area contributed by atoms with Crippen LogP contribution in [0.1, 0.15) is 19.7 Å². The first-order valence-corrected chi connectivity index (χ1v) is 7.10. The molecular weight excluding hydrogens is 270 g/mol. The minimum Gasteiger partial charge on any atom is -0.374 e. The van der Waals surface area contributed by atoms with Gasteiger partial charge in [0.1, 0.15) is 18.2 Å². The highest BCUT2D eigenvalue weighted by Gasteiger charge is 2.15. The Labute approximate surface area is 126 Å². The minimum absolute atomic E-state index is 0.0350. The zero-order valence-corrected chi connectivity index (χ0v) is 13.5. The normalized spacial score (nSPS) is 10.3. The summed E-state index contributed by atoms with van der Waals surface area (Å²) in [5.41, 5.74) is 0. The lowest BCUT2D eigenvalue weighted by Crippen LogP contribution is -2.37. The van der Waals surface area contributed by atoms with Crippen molar-refractivity contribution in [2.24, 2.45) is 0 Å². The predicted molar refractivity (Wildman–Crippen MR) is 83.5 cm³/mol. The molecule has 0 fully saturated rings. The number of nitrogens with zero attached hydrogens (tertiary/aromatic N) is 4. The smallest absolute Gasteiger partial charge is 0.241 e. The SMILES string of the molecule is CCOCc1nc(NC)cc(N(CC)CC(=O)N(C)C)n1. The van der Waals surface area contributed by atoms with E-state index < -0.39 is 0 Å². The van der Waals surface area contributed by atoms with E-state index in [0.717, 1.165) is 5.82 Å². The maximum absolute atomic E-state index is 11.9. The van der Waals surface area contributed by atoms with Crippen LogP contribution in [0, 0.1) is 0 Å². The average molecular weight is 295 g/mol. The molecule has 0 saturated carbocycles. The van der Waals surface area contributed by atoms with Gasteiger partial charge in [0.25, 0.3) is 0 Å². The topological polar surface area (TPSA) is 70.6 Å². The van der Waals surface area contributed by atoms with Gasteiger partial charge >= 0.3 is 0 Å². The Morgan fingerprint density at radius 3 is 2.57 bits per heavy atom. The van der Waals surface area contributed by atoms with Crippen LogP contribution in [-0.4, -0.2) is 61.6 Å². The monoisotopic (exact) mass is 295 g/mol. The number of likely N-dealkylation sites (N-methyl/N-ethyl adjacent to an activating group) is 2. The lowest BCUT2D eigenvalue weighted by atomic mass is 10.4. The van der Waals surface area contributed by atoms with Crippen molar-refractivity contribution in [3.63, 3.8) is 0 Å². The molecule has 1 heterocycles. The van der Waals surface area contributed by atoms with Gasteiger partial charge < -0.3 is 19.9 Å². The van der Waals surface area contributed by atoms with E-state index in [1.165, 1.54) is 0 Å². The molecule has 1 rings (SSSR count). The fourth-order valence-corrected chi connectivity index (χ4v) is 1.69. The van der Waals surface area contributed by atoms with E-state index in [1.807, 2.05) is 24.8 Å². The molecule has 1 aromatic rings. The van der Waals surface area contributed by atoms with Crippen LogP contribution in [0.2, 0.25) is 0 Å². The first-order chi connectivity index (χ1) is 10.0. The number of amides is 1. The van der Waals surface area contributed by atoms with Crippen LogP contribution < -0.4 is 10.2 Å². The summed E-state index contributed by atoms with van der Waals surface area (Å²) in [4.78, 5) is 24.2. The first kappa shape index (κ1) is 17.2. The van der Waals surface area contributed by atoms with Crippen molar-refractivity contribution in [1.82, 2.24) is 14.9 Å². The molecule has 0 saturated heterocycles. The molecule has 0 aliphatic carbocycles. The van der Waals surface area contributed by atoms with Crippen molar-refractivity contribution in [2.75, 3.05) is 51.1 Å². The summed E-state index contributed by atoms with van der Waals surface area (Å²) in [6.07, 6.45) is 0. The number of carbonyl (C=O) groups excluding carboxylic acids is 1. The number of carbonyl (C=O) groups is 1. The molecule has 0 radical (unpaired) electrons. The lowest BCUT2D eigenvalue weighted by molar-refractivity contribution is -0.127. The molecule has 7 heteroatoms. The molecule has 0 aliphatic heterocycles. The van der Waals surface area contributed by atoms with Gasteiger partial charge in [-0.1, -0.05) is 0 Å². The zero-order valence-electron chi connectivity index (χ0n) is 13.5. The van der Waals surface area contributed by atoms with Crippen molar-refractivity contribution in [3.8, 4) is 0 Å². The number of anilines is 2. The Balaban J connectivity index is 2.98. The standard InChI is InChI=1S/C14H25N5O2/c1-6-19(9-14(20)18(4)5)13-8-11(15-3)16-12(17-13)10-21-7-2/h8H,6-7,9-10H2,1-5H3,(H,15,16,17). The third-order valence-electron chi connectivity index (χ3n) is 2.98. The van der Waals surface area contributed by atoms with Gasteiger partial charge in [0.15, 0.2) is 5.82 Å². The Morgan fingerprint density at radius 2 is 2.05 bits per heavy atom. The number of hydrogen-bond acceptors (Lipinski definition) is 6. The molecule has 21 heavy (non-hydrogen) atoms. The lowest BCUT2D eigenvalue weighted by Gasteiger charge is -2.24. The molecule has 0 spiro atoms. The predicted octanol–water partition coefficient (Wildman–Crippen LogP) is 0.969. The first-order valence-electron chi connectivity index (χ1n) is 7.10. The molecular formula is C14H25N5O2. The number of aromatic nitrogens is 2. The number of nitrogens with one attached hydrogen (secondary N) is 1. The highest BCUT2D eigenvalue weighted by Crippen LogP contribution is 2.16. The van der Waals surface area contributed by atoms with Crippen molar-refractivity contribution in [2.45, 2.75) is 20.5 Å². The van der Waals surface area contributed by atoms with E-state index in [2.05, 4.69) is 15.3 Å². The maximum atomic E-state index is 11.9. The molecule has 7 nitrogen and oxygen atoms in total. The average Bonchev–Trinajstić information content (AvgIpc) is 2.49. The summed E-state index contributed by atoms with van der Waals surface area (Å²) in [6, 6.07) is 1.84. The fourth-order valence-electron chi connectivity index (χ4n) is 1.69. The summed E-state index contributed by atoms with van der Waals surface area (Å²) in [7, 11) is 5.29. The molecule has 1 aromatic heterocycles. The molecule has 0 bridgehead atoms. The van der Waals surface area contributed by atoms with Crippen LogP contribution in [0.25, 0.3) is 0 Å². The van der Waals surface area contributed by atoms with Gasteiger partial charge in [-0.2, -0.15) is 0 Å². The zero-order chi connectivity index (χ0) is 15.8. The maximum Gasteiger partial charge on any atom is 0.241 e. The second kappa shape index (κ2) is 8.41. The molecule has 0 aliphatic rings. The van der Waals surface area contributed by atoms with Gasteiger partial charge in [0.2, 0.25) is 5.91 Å². The van der Waals surface area contributed by atoms with Crippen LogP contribution in [-0.2, 0) is 16.1 Å². The van der Waals surface area contributed by atoms with E-state index in [4.69, 9.17) is 4.74 Å². The van der Waals surface area contributed by atoms with Crippen LogP contribution in [0.3, 0.4) is 0 Å². The number of ether oxygens (including phenoxy) is 1. The highest BCUT2D eigenvalue weighted by molar-refractivity contribution is 5.80. The van der Waals surface area contributed by atoms with Gasteiger partial charge in [0.05, 0.1) is 6.54 Å². The summed E-state index contributed by atoms with van der Waals surface area (Å²) in [5.74, 6) is 2.08. The van der Waals surface area contributed by atoms with Crippen molar-refractivity contribution >= 4 is 17.5 Å². The molecule has 0 unspecified atom stereocenters.